The molecule has 2 N–H and O–H groups in total. The highest BCUT2D eigenvalue weighted by molar-refractivity contribution is 14.0. The third-order valence-electron chi connectivity index (χ3n) is 5.70. The molecule has 7 nitrogen and oxygen atoms in total. The predicted octanol–water partition coefficient (Wildman–Crippen LogP) is 3.41. The Balaban J connectivity index is 0.00000341. The van der Waals surface area contributed by atoms with E-state index in [9.17, 15) is 4.79 Å². The van der Waals surface area contributed by atoms with Crippen molar-refractivity contribution in [1.82, 2.24) is 25.3 Å². The molecule has 1 aliphatic rings. The molecule has 0 bridgehead atoms. The van der Waals surface area contributed by atoms with Gasteiger partial charge in [-0.25, -0.2) is 4.99 Å². The molecular formula is C23H35IN6O. The van der Waals surface area contributed by atoms with Crippen molar-refractivity contribution in [3.8, 4) is 11.3 Å². The largest absolute Gasteiger partial charge is 0.353 e. The summed E-state index contributed by atoms with van der Waals surface area (Å²) >= 11 is 0. The van der Waals surface area contributed by atoms with Gasteiger partial charge in [0.25, 0.3) is 0 Å². The Morgan fingerprint density at radius 1 is 1.23 bits per heavy atom. The second kappa shape index (κ2) is 12.1. The zero-order valence-corrected chi connectivity index (χ0v) is 21.3. The molecule has 0 spiro atoms. The number of hydrogen-bond acceptors (Lipinski definition) is 3. The molecule has 1 heterocycles. The summed E-state index contributed by atoms with van der Waals surface area (Å²) in [5.74, 6) is 1.30. The van der Waals surface area contributed by atoms with E-state index in [1.807, 2.05) is 36.1 Å². The number of halogens is 1. The summed E-state index contributed by atoms with van der Waals surface area (Å²) in [5.41, 5.74) is 3.08. The van der Waals surface area contributed by atoms with Crippen LogP contribution in [0.25, 0.3) is 11.3 Å². The molecule has 0 aliphatic heterocycles. The first-order valence-corrected chi connectivity index (χ1v) is 10.8. The van der Waals surface area contributed by atoms with Crippen molar-refractivity contribution in [2.24, 2.45) is 18.0 Å². The van der Waals surface area contributed by atoms with Crippen LogP contribution in [-0.4, -0.2) is 53.2 Å². The lowest BCUT2D eigenvalue weighted by Gasteiger charge is -2.31. The van der Waals surface area contributed by atoms with Crippen LogP contribution in [0.1, 0.15) is 38.2 Å². The van der Waals surface area contributed by atoms with Crippen molar-refractivity contribution in [3.63, 3.8) is 0 Å². The summed E-state index contributed by atoms with van der Waals surface area (Å²) in [5, 5.41) is 11.4. The van der Waals surface area contributed by atoms with Crippen LogP contribution >= 0.6 is 24.0 Å². The van der Waals surface area contributed by atoms with Crippen molar-refractivity contribution in [2.45, 2.75) is 45.2 Å². The molecule has 1 amide bonds. The fourth-order valence-electron chi connectivity index (χ4n) is 3.83. The molecule has 31 heavy (non-hydrogen) atoms. The van der Waals surface area contributed by atoms with Gasteiger partial charge in [0, 0.05) is 44.5 Å². The Hall–Kier alpha value is -2.10. The zero-order valence-electron chi connectivity index (χ0n) is 19.0. The second-order valence-corrected chi connectivity index (χ2v) is 8.36. The quantitative estimate of drug-likeness (QED) is 0.336. The number of carbonyl (C=O) groups is 1. The first-order valence-electron chi connectivity index (χ1n) is 10.8. The number of nitrogens with one attached hydrogen (secondary N) is 2. The number of rotatable bonds is 6. The summed E-state index contributed by atoms with van der Waals surface area (Å²) in [7, 11) is 5.45. The zero-order chi connectivity index (χ0) is 21.5. The smallest absolute Gasteiger partial charge is 0.241 e. The van der Waals surface area contributed by atoms with Crippen LogP contribution in [0.5, 0.6) is 0 Å². The number of hydrogen-bond donors (Lipinski definition) is 2. The molecule has 1 aliphatic carbocycles. The Kier molecular flexibility index (Phi) is 9.80. The summed E-state index contributed by atoms with van der Waals surface area (Å²) in [6.07, 6.45) is 6.88. The summed E-state index contributed by atoms with van der Waals surface area (Å²) in [6, 6.07) is 10.5. The maximum absolute atomic E-state index is 12.1. The van der Waals surface area contributed by atoms with E-state index < -0.39 is 0 Å². The molecule has 2 aromatic rings. The molecule has 1 aromatic carbocycles. The topological polar surface area (TPSA) is 74.5 Å². The fourth-order valence-corrected chi connectivity index (χ4v) is 3.83. The van der Waals surface area contributed by atoms with E-state index in [0.717, 1.165) is 23.2 Å². The number of nitrogens with zero attached hydrogens (tertiary/aromatic N) is 4. The van der Waals surface area contributed by atoms with Crippen molar-refractivity contribution in [2.75, 3.05) is 20.6 Å². The van der Waals surface area contributed by atoms with Crippen molar-refractivity contribution < 1.29 is 4.79 Å². The maximum atomic E-state index is 12.1. The minimum atomic E-state index is 0. The number of likely N-dealkylation sites (N-methyl/N-ethyl adjacent to an activating group) is 1. The SMILES string of the molecule is CC1CCCCC1NC(=NCc1cn(C)nc1-c1ccccc1)NCC(=O)N(C)C.I. The highest BCUT2D eigenvalue weighted by Gasteiger charge is 2.22. The predicted molar refractivity (Wildman–Crippen MR) is 136 cm³/mol. The van der Waals surface area contributed by atoms with Gasteiger partial charge in [-0.15, -0.1) is 24.0 Å². The number of aliphatic imine (C=N–C) groups is 1. The van der Waals surface area contributed by atoms with Gasteiger partial charge in [0.2, 0.25) is 5.91 Å². The number of guanidine groups is 1. The van der Waals surface area contributed by atoms with E-state index in [0.29, 0.717) is 24.5 Å². The van der Waals surface area contributed by atoms with Gasteiger partial charge in [-0.2, -0.15) is 5.10 Å². The van der Waals surface area contributed by atoms with Gasteiger partial charge in [-0.05, 0) is 18.8 Å². The van der Waals surface area contributed by atoms with Crippen LogP contribution in [0.15, 0.2) is 41.5 Å². The average Bonchev–Trinajstić information content (AvgIpc) is 3.12. The van der Waals surface area contributed by atoms with Crippen LogP contribution in [0, 0.1) is 5.92 Å². The fraction of sp³-hybridized carbons (Fsp3) is 0.522. The van der Waals surface area contributed by atoms with Gasteiger partial charge in [0.1, 0.15) is 0 Å². The van der Waals surface area contributed by atoms with Crippen LogP contribution < -0.4 is 10.6 Å². The molecule has 170 valence electrons. The normalized spacial score (nSPS) is 18.8. The molecule has 2 unspecified atom stereocenters. The summed E-state index contributed by atoms with van der Waals surface area (Å²) < 4.78 is 1.83. The lowest BCUT2D eigenvalue weighted by molar-refractivity contribution is -0.127. The summed E-state index contributed by atoms with van der Waals surface area (Å²) in [4.78, 5) is 18.5. The minimum Gasteiger partial charge on any atom is -0.353 e. The van der Waals surface area contributed by atoms with Gasteiger partial charge in [-0.1, -0.05) is 50.1 Å². The van der Waals surface area contributed by atoms with E-state index >= 15 is 0 Å². The number of amides is 1. The van der Waals surface area contributed by atoms with Crippen LogP contribution in [-0.2, 0) is 18.4 Å². The molecule has 1 aromatic heterocycles. The van der Waals surface area contributed by atoms with E-state index in [2.05, 4.69) is 34.8 Å². The van der Waals surface area contributed by atoms with Crippen molar-refractivity contribution >= 4 is 35.8 Å². The van der Waals surface area contributed by atoms with Crippen LogP contribution in [0.4, 0.5) is 0 Å². The lowest BCUT2D eigenvalue weighted by Crippen LogP contribution is -2.49. The second-order valence-electron chi connectivity index (χ2n) is 8.36. The third-order valence-corrected chi connectivity index (χ3v) is 5.70. The van der Waals surface area contributed by atoms with Gasteiger partial charge in [0.15, 0.2) is 5.96 Å². The molecule has 2 atom stereocenters. The van der Waals surface area contributed by atoms with E-state index in [1.54, 1.807) is 19.0 Å². The number of carbonyl (C=O) groups excluding carboxylic acids is 1. The monoisotopic (exact) mass is 538 g/mol. The molecular weight excluding hydrogens is 503 g/mol. The third kappa shape index (κ3) is 7.22. The molecule has 1 saturated carbocycles. The van der Waals surface area contributed by atoms with E-state index in [4.69, 9.17) is 4.99 Å². The van der Waals surface area contributed by atoms with Gasteiger partial charge in [-0.3, -0.25) is 9.48 Å². The van der Waals surface area contributed by atoms with Crippen molar-refractivity contribution in [1.29, 1.82) is 0 Å². The summed E-state index contributed by atoms with van der Waals surface area (Å²) in [6.45, 7) is 3.00. The Morgan fingerprint density at radius 2 is 1.94 bits per heavy atom. The van der Waals surface area contributed by atoms with Crippen LogP contribution in [0.2, 0.25) is 0 Å². The first-order chi connectivity index (χ1) is 14.4. The highest BCUT2D eigenvalue weighted by atomic mass is 127. The molecule has 8 heteroatoms. The Labute approximate surface area is 202 Å². The average molecular weight is 538 g/mol. The van der Waals surface area contributed by atoms with E-state index in [1.165, 1.54) is 19.3 Å². The Bertz CT molecular complexity index is 864. The molecule has 0 radical (unpaired) electrons. The van der Waals surface area contributed by atoms with Gasteiger partial charge in [0.05, 0.1) is 18.8 Å². The molecule has 1 fully saturated rings. The highest BCUT2D eigenvalue weighted by Crippen LogP contribution is 2.24. The lowest BCUT2D eigenvalue weighted by atomic mass is 9.86. The first kappa shape index (κ1) is 25.2. The van der Waals surface area contributed by atoms with Gasteiger partial charge >= 0.3 is 0 Å². The number of aryl methyl sites for hydroxylation is 1. The molecule has 0 saturated heterocycles. The maximum Gasteiger partial charge on any atom is 0.241 e. The molecule has 3 rings (SSSR count). The Morgan fingerprint density at radius 3 is 2.61 bits per heavy atom. The van der Waals surface area contributed by atoms with Crippen molar-refractivity contribution in [3.05, 3.63) is 42.1 Å². The van der Waals surface area contributed by atoms with Crippen LogP contribution in [0.3, 0.4) is 0 Å². The standard InChI is InChI=1S/C23H34N6O.HI/c1-17-10-8-9-13-20(17)26-23(25-15-21(30)28(2)3)24-14-19-16-29(4)27-22(19)18-11-6-5-7-12-18;/h5-7,11-12,16-17,20H,8-10,13-15H2,1-4H3,(H2,24,25,26);1H. The van der Waals surface area contributed by atoms with E-state index in [-0.39, 0.29) is 36.4 Å². The number of aromatic nitrogens is 2. The minimum absolute atomic E-state index is 0. The van der Waals surface area contributed by atoms with Gasteiger partial charge < -0.3 is 15.5 Å². The number of benzene rings is 1.